The highest BCUT2D eigenvalue weighted by atomic mass is 35.5. The van der Waals surface area contributed by atoms with Crippen LogP contribution in [0, 0.1) is 6.92 Å². The van der Waals surface area contributed by atoms with E-state index in [1.807, 2.05) is 61.7 Å². The van der Waals surface area contributed by atoms with Crippen LogP contribution in [0.25, 0.3) is 22.0 Å². The molecule has 0 saturated carbocycles. The third kappa shape index (κ3) is 6.44. The van der Waals surface area contributed by atoms with E-state index >= 15 is 0 Å². The summed E-state index contributed by atoms with van der Waals surface area (Å²) in [5.74, 6) is 3.86. The molecule has 4 aromatic rings. The molecular formula is C31H35ClN4OS. The molecule has 5 nitrogen and oxygen atoms in total. The van der Waals surface area contributed by atoms with Crippen LogP contribution in [0.3, 0.4) is 0 Å². The Morgan fingerprint density at radius 3 is 2.58 bits per heavy atom. The van der Waals surface area contributed by atoms with E-state index in [1.165, 1.54) is 19.3 Å². The van der Waals surface area contributed by atoms with E-state index in [0.29, 0.717) is 16.3 Å². The second-order valence-corrected chi connectivity index (χ2v) is 11.1. The van der Waals surface area contributed by atoms with Crippen molar-refractivity contribution in [3.05, 3.63) is 89.1 Å². The third-order valence-electron chi connectivity index (χ3n) is 6.47. The van der Waals surface area contributed by atoms with Crippen molar-refractivity contribution < 1.29 is 4.79 Å². The zero-order valence-corrected chi connectivity index (χ0v) is 23.8. The molecule has 1 aliphatic rings. The zero-order chi connectivity index (χ0) is 27.1. The molecule has 1 aromatic heterocycles. The first kappa shape index (κ1) is 27.8. The van der Waals surface area contributed by atoms with Crippen molar-refractivity contribution in [2.75, 3.05) is 22.7 Å². The molecular weight excluding hydrogens is 512 g/mol. The van der Waals surface area contributed by atoms with Crippen LogP contribution in [0.2, 0.25) is 5.02 Å². The van der Waals surface area contributed by atoms with Crippen LogP contribution in [0.15, 0.2) is 72.9 Å². The molecule has 1 fully saturated rings. The van der Waals surface area contributed by atoms with Gasteiger partial charge in [0.1, 0.15) is 0 Å². The maximum absolute atomic E-state index is 13.0. The molecule has 38 heavy (non-hydrogen) atoms. The fourth-order valence-corrected chi connectivity index (χ4v) is 5.82. The summed E-state index contributed by atoms with van der Waals surface area (Å²) in [5, 5.41) is 5.61. The lowest BCUT2D eigenvalue weighted by Crippen LogP contribution is -2.15. The predicted molar refractivity (Wildman–Crippen MR) is 167 cm³/mol. The molecule has 0 aliphatic carbocycles. The maximum atomic E-state index is 13.0. The average molecular weight is 547 g/mol. The first-order chi connectivity index (χ1) is 18.4. The number of rotatable bonds is 6. The van der Waals surface area contributed by atoms with Crippen LogP contribution in [0.4, 0.5) is 11.4 Å². The zero-order valence-electron chi connectivity index (χ0n) is 22.3. The van der Waals surface area contributed by atoms with E-state index in [2.05, 4.69) is 51.2 Å². The molecule has 0 spiro atoms. The van der Waals surface area contributed by atoms with Crippen LogP contribution in [-0.2, 0) is 0 Å². The fourth-order valence-electron chi connectivity index (χ4n) is 4.39. The van der Waals surface area contributed by atoms with Gasteiger partial charge in [-0.2, -0.15) is 0 Å². The molecule has 3 aromatic carbocycles. The number of pyridine rings is 1. The normalized spacial score (nSPS) is 14.7. The van der Waals surface area contributed by atoms with Crippen LogP contribution < -0.4 is 14.3 Å². The predicted octanol–water partition coefficient (Wildman–Crippen LogP) is 8.25. The molecule has 0 radical (unpaired) electrons. The van der Waals surface area contributed by atoms with Crippen LogP contribution >= 0.6 is 22.5 Å². The lowest BCUT2D eigenvalue weighted by atomic mass is 9.99. The number of carbonyl (C=O) groups excluding carboxylic acids is 1. The molecule has 0 bridgehead atoms. The summed E-state index contributed by atoms with van der Waals surface area (Å²) in [4.78, 5) is 17.7. The van der Waals surface area contributed by atoms with Gasteiger partial charge in [-0.05, 0) is 71.0 Å². The molecule has 1 atom stereocenters. The Bertz CT molecular complexity index is 1450. The van der Waals surface area contributed by atoms with Crippen molar-refractivity contribution >= 4 is 56.4 Å². The van der Waals surface area contributed by atoms with Crippen molar-refractivity contribution in [3.63, 3.8) is 0 Å². The SMILES string of the molecule is C=S1NCCN1c1ccc(C(=O)Nc2ccc(C)c(-c3nccc4ccccc34)c2)c(Cl)c1.CCCCC. The Balaban J connectivity index is 0.000000617. The van der Waals surface area contributed by atoms with Gasteiger partial charge >= 0.3 is 0 Å². The lowest BCUT2D eigenvalue weighted by molar-refractivity contribution is 0.102. The number of aryl methyl sites for hydroxylation is 1. The number of hydrogen-bond acceptors (Lipinski definition) is 4. The molecule has 198 valence electrons. The number of benzene rings is 3. The van der Waals surface area contributed by atoms with Crippen LogP contribution in [0.1, 0.15) is 49.0 Å². The Hall–Kier alpha value is -3.19. The van der Waals surface area contributed by atoms with Gasteiger partial charge in [-0.3, -0.25) is 14.5 Å². The second-order valence-electron chi connectivity index (χ2n) is 9.24. The third-order valence-corrected chi connectivity index (χ3v) is 8.24. The summed E-state index contributed by atoms with van der Waals surface area (Å²) in [6.07, 6.45) is 5.89. The average Bonchev–Trinajstić information content (AvgIpc) is 3.36. The van der Waals surface area contributed by atoms with Gasteiger partial charge in [-0.15, -0.1) is 0 Å². The minimum Gasteiger partial charge on any atom is -0.322 e. The van der Waals surface area contributed by atoms with E-state index in [1.54, 1.807) is 6.07 Å². The molecule has 2 N–H and O–H groups in total. The molecule has 1 aliphatic heterocycles. The maximum Gasteiger partial charge on any atom is 0.257 e. The Labute approximate surface area is 233 Å². The smallest absolute Gasteiger partial charge is 0.257 e. The van der Waals surface area contributed by atoms with E-state index in [4.69, 9.17) is 11.6 Å². The van der Waals surface area contributed by atoms with Gasteiger partial charge < -0.3 is 9.62 Å². The second kappa shape index (κ2) is 13.1. The number of aromatic nitrogens is 1. The Morgan fingerprint density at radius 2 is 1.89 bits per heavy atom. The van der Waals surface area contributed by atoms with Crippen molar-refractivity contribution in [1.82, 2.24) is 9.71 Å². The number of halogens is 1. The van der Waals surface area contributed by atoms with Crippen molar-refractivity contribution in [3.8, 4) is 11.3 Å². The van der Waals surface area contributed by atoms with Gasteiger partial charge in [-0.1, -0.05) is 75.0 Å². The summed E-state index contributed by atoms with van der Waals surface area (Å²) >= 11 is 6.50. The minimum atomic E-state index is -0.284. The monoisotopic (exact) mass is 546 g/mol. The van der Waals surface area contributed by atoms with Crippen molar-refractivity contribution in [1.29, 1.82) is 0 Å². The van der Waals surface area contributed by atoms with E-state index < -0.39 is 0 Å². The van der Waals surface area contributed by atoms with E-state index in [-0.39, 0.29) is 16.8 Å². The first-order valence-electron chi connectivity index (χ1n) is 13.0. The highest BCUT2D eigenvalue weighted by Gasteiger charge is 2.18. The van der Waals surface area contributed by atoms with Gasteiger partial charge in [-0.25, -0.2) is 0 Å². The standard InChI is InChI=1S/C26H23ClN4OS.C5H12/c1-17-7-8-19(15-23(17)25-21-6-4-3-5-18(21)11-12-28-25)30-26(32)22-10-9-20(16-24(22)27)31-14-13-29-33(31)2;1-3-5-4-2/h3-12,15-16,29H,2,13-14H2,1H3,(H,30,32);3-5H2,1-2H3. The Kier molecular flexibility index (Phi) is 9.56. The minimum absolute atomic E-state index is 0.250. The first-order valence-corrected chi connectivity index (χ1v) is 14.8. The number of carbonyl (C=O) groups is 1. The van der Waals surface area contributed by atoms with Gasteiger partial charge in [0.05, 0.1) is 16.3 Å². The summed E-state index contributed by atoms with van der Waals surface area (Å²) in [5.41, 5.74) is 5.05. The highest BCUT2D eigenvalue weighted by molar-refractivity contribution is 8.13. The lowest BCUT2D eigenvalue weighted by Gasteiger charge is -2.19. The molecule has 1 amide bonds. The van der Waals surface area contributed by atoms with E-state index in [9.17, 15) is 4.79 Å². The number of nitrogens with zero attached hydrogens (tertiary/aromatic N) is 2. The Morgan fingerprint density at radius 1 is 1.11 bits per heavy atom. The molecule has 2 heterocycles. The number of unbranched alkanes of at least 4 members (excludes halogenated alkanes) is 2. The highest BCUT2D eigenvalue weighted by Crippen LogP contribution is 2.33. The fraction of sp³-hybridized carbons (Fsp3) is 0.258. The largest absolute Gasteiger partial charge is 0.322 e. The number of anilines is 2. The van der Waals surface area contributed by atoms with Crippen LogP contribution in [0.5, 0.6) is 0 Å². The number of fused-ring (bicyclic) bond motifs is 1. The van der Waals surface area contributed by atoms with Gasteiger partial charge in [0, 0.05) is 41.6 Å². The summed E-state index contributed by atoms with van der Waals surface area (Å²) in [6, 6.07) is 21.5. The van der Waals surface area contributed by atoms with E-state index in [0.717, 1.165) is 46.4 Å². The van der Waals surface area contributed by atoms with Crippen molar-refractivity contribution in [2.45, 2.75) is 40.0 Å². The summed E-state index contributed by atoms with van der Waals surface area (Å²) in [7, 11) is -0.284. The molecule has 7 heteroatoms. The number of hydrogen-bond donors (Lipinski definition) is 2. The number of amides is 1. The molecule has 1 unspecified atom stereocenters. The molecule has 5 rings (SSSR count). The van der Waals surface area contributed by atoms with Crippen LogP contribution in [-0.4, -0.2) is 29.9 Å². The quantitative estimate of drug-likeness (QED) is 0.239. The number of nitrogens with one attached hydrogen (secondary N) is 2. The summed E-state index contributed by atoms with van der Waals surface area (Å²) < 4.78 is 5.46. The van der Waals surface area contributed by atoms with Gasteiger partial charge in [0.15, 0.2) is 0 Å². The van der Waals surface area contributed by atoms with Gasteiger partial charge in [0.2, 0.25) is 0 Å². The topological polar surface area (TPSA) is 57.3 Å². The van der Waals surface area contributed by atoms with Crippen molar-refractivity contribution in [2.24, 2.45) is 0 Å². The van der Waals surface area contributed by atoms with Gasteiger partial charge in [0.25, 0.3) is 5.91 Å². The molecule has 1 saturated heterocycles. The summed E-state index contributed by atoms with van der Waals surface area (Å²) in [6.45, 7) is 8.22.